The van der Waals surface area contributed by atoms with Crippen LogP contribution in [0.25, 0.3) is 0 Å². The van der Waals surface area contributed by atoms with Crippen LogP contribution in [0, 0.1) is 17.7 Å². The molecule has 1 aliphatic carbocycles. The number of hydrogen-bond acceptors (Lipinski definition) is 2. The fourth-order valence-corrected chi connectivity index (χ4v) is 2.09. The Morgan fingerprint density at radius 3 is 2.84 bits per heavy atom. The van der Waals surface area contributed by atoms with Crippen LogP contribution in [0.4, 0.5) is 4.39 Å². The normalized spacial score (nSPS) is 15.9. The molecule has 4 heteroatoms. The van der Waals surface area contributed by atoms with E-state index in [0.29, 0.717) is 5.56 Å². The van der Waals surface area contributed by atoms with Crippen molar-refractivity contribution in [1.82, 2.24) is 5.32 Å². The second kappa shape index (κ2) is 5.41. The monoisotopic (exact) mass is 261 g/mol. The van der Waals surface area contributed by atoms with Gasteiger partial charge in [-0.05, 0) is 44.4 Å². The summed E-state index contributed by atoms with van der Waals surface area (Å²) in [6, 6.07) is 4.12. The first-order valence-electron chi connectivity index (χ1n) is 6.26. The van der Waals surface area contributed by atoms with Crippen molar-refractivity contribution in [2.75, 3.05) is 6.61 Å². The predicted octanol–water partition coefficient (Wildman–Crippen LogP) is 1.84. The van der Waals surface area contributed by atoms with Gasteiger partial charge in [-0.2, -0.15) is 0 Å². The molecule has 1 fully saturated rings. The SMILES string of the molecule is CC1(NC(=O)c2cc(C#CCO)ccc2F)CCC1. The van der Waals surface area contributed by atoms with E-state index >= 15 is 0 Å². The van der Waals surface area contributed by atoms with E-state index in [1.165, 1.54) is 18.2 Å². The minimum atomic E-state index is -0.560. The van der Waals surface area contributed by atoms with Crippen molar-refractivity contribution >= 4 is 5.91 Å². The number of nitrogens with one attached hydrogen (secondary N) is 1. The van der Waals surface area contributed by atoms with Crippen molar-refractivity contribution < 1.29 is 14.3 Å². The lowest BCUT2D eigenvalue weighted by Gasteiger charge is -2.39. The van der Waals surface area contributed by atoms with Crippen LogP contribution in [-0.2, 0) is 0 Å². The molecule has 0 bridgehead atoms. The van der Waals surface area contributed by atoms with Crippen molar-refractivity contribution in [3.05, 3.63) is 35.1 Å². The number of hydrogen-bond donors (Lipinski definition) is 2. The van der Waals surface area contributed by atoms with Gasteiger partial charge in [-0.15, -0.1) is 0 Å². The van der Waals surface area contributed by atoms with Gasteiger partial charge in [-0.1, -0.05) is 11.8 Å². The molecule has 100 valence electrons. The van der Waals surface area contributed by atoms with Crippen LogP contribution in [0.5, 0.6) is 0 Å². The molecule has 0 radical (unpaired) electrons. The maximum atomic E-state index is 13.7. The average molecular weight is 261 g/mol. The third kappa shape index (κ3) is 3.12. The van der Waals surface area contributed by atoms with Crippen molar-refractivity contribution in [2.24, 2.45) is 0 Å². The molecule has 0 aliphatic heterocycles. The van der Waals surface area contributed by atoms with E-state index in [0.717, 1.165) is 19.3 Å². The second-order valence-electron chi connectivity index (χ2n) is 5.02. The zero-order chi connectivity index (χ0) is 13.9. The predicted molar refractivity (Wildman–Crippen MR) is 70.1 cm³/mol. The summed E-state index contributed by atoms with van der Waals surface area (Å²) < 4.78 is 13.7. The number of amides is 1. The molecule has 0 atom stereocenters. The number of rotatable bonds is 2. The molecule has 0 aromatic heterocycles. The third-order valence-electron chi connectivity index (χ3n) is 3.40. The number of benzene rings is 1. The number of carbonyl (C=O) groups excluding carboxylic acids is 1. The average Bonchev–Trinajstić information content (AvgIpc) is 2.35. The summed E-state index contributed by atoms with van der Waals surface area (Å²) in [7, 11) is 0. The molecular weight excluding hydrogens is 245 g/mol. The van der Waals surface area contributed by atoms with Crippen LogP contribution in [0.2, 0.25) is 0 Å². The summed E-state index contributed by atoms with van der Waals surface area (Å²) in [6.45, 7) is 1.69. The Morgan fingerprint density at radius 2 is 2.26 bits per heavy atom. The summed E-state index contributed by atoms with van der Waals surface area (Å²) in [4.78, 5) is 12.1. The quantitative estimate of drug-likeness (QED) is 0.798. The first kappa shape index (κ1) is 13.6. The van der Waals surface area contributed by atoms with Crippen molar-refractivity contribution in [1.29, 1.82) is 0 Å². The Labute approximate surface area is 111 Å². The molecule has 0 spiro atoms. The van der Waals surface area contributed by atoms with Gasteiger partial charge in [0.15, 0.2) is 0 Å². The lowest BCUT2D eigenvalue weighted by atomic mass is 9.78. The summed E-state index contributed by atoms with van der Waals surface area (Å²) >= 11 is 0. The van der Waals surface area contributed by atoms with Gasteiger partial charge >= 0.3 is 0 Å². The maximum absolute atomic E-state index is 13.7. The zero-order valence-corrected chi connectivity index (χ0v) is 10.8. The van der Waals surface area contributed by atoms with E-state index in [-0.39, 0.29) is 17.7 Å². The largest absolute Gasteiger partial charge is 0.384 e. The number of aliphatic hydroxyl groups is 1. The Kier molecular flexibility index (Phi) is 3.87. The molecule has 1 saturated carbocycles. The first-order chi connectivity index (χ1) is 9.04. The fourth-order valence-electron chi connectivity index (χ4n) is 2.09. The van der Waals surface area contributed by atoms with Crippen LogP contribution in [0.15, 0.2) is 18.2 Å². The Balaban J connectivity index is 2.20. The standard InChI is InChI=1S/C15H16FNO2/c1-15(7-3-8-15)17-14(19)12-10-11(4-2-9-18)5-6-13(12)16/h5-6,10,18H,3,7-9H2,1H3,(H,17,19). The van der Waals surface area contributed by atoms with Gasteiger partial charge in [0.05, 0.1) is 5.56 Å². The van der Waals surface area contributed by atoms with E-state index in [4.69, 9.17) is 5.11 Å². The highest BCUT2D eigenvalue weighted by molar-refractivity contribution is 5.95. The van der Waals surface area contributed by atoms with E-state index in [2.05, 4.69) is 17.2 Å². The minimum absolute atomic E-state index is 0.00198. The molecule has 3 nitrogen and oxygen atoms in total. The number of aliphatic hydroxyl groups excluding tert-OH is 1. The molecule has 1 amide bonds. The Morgan fingerprint density at radius 1 is 1.53 bits per heavy atom. The summed E-state index contributed by atoms with van der Waals surface area (Å²) in [5.41, 5.74) is 0.299. The lowest BCUT2D eigenvalue weighted by Crippen LogP contribution is -2.51. The molecule has 19 heavy (non-hydrogen) atoms. The molecule has 2 N–H and O–H groups in total. The molecule has 0 unspecified atom stereocenters. The third-order valence-corrected chi connectivity index (χ3v) is 3.40. The van der Waals surface area contributed by atoms with Crippen molar-refractivity contribution in [3.8, 4) is 11.8 Å². The lowest BCUT2D eigenvalue weighted by molar-refractivity contribution is 0.0846. The highest BCUT2D eigenvalue weighted by atomic mass is 19.1. The first-order valence-corrected chi connectivity index (χ1v) is 6.26. The maximum Gasteiger partial charge on any atom is 0.254 e. The molecular formula is C15H16FNO2. The van der Waals surface area contributed by atoms with Crippen molar-refractivity contribution in [2.45, 2.75) is 31.7 Å². The van der Waals surface area contributed by atoms with Crippen LogP contribution < -0.4 is 5.32 Å². The Bertz CT molecular complexity index is 553. The van der Waals surface area contributed by atoms with Gasteiger partial charge < -0.3 is 10.4 Å². The molecule has 2 rings (SSSR count). The van der Waals surface area contributed by atoms with E-state index < -0.39 is 11.7 Å². The van der Waals surface area contributed by atoms with Crippen LogP contribution in [0.3, 0.4) is 0 Å². The van der Waals surface area contributed by atoms with E-state index in [9.17, 15) is 9.18 Å². The molecule has 1 aromatic carbocycles. The molecule has 0 saturated heterocycles. The van der Waals surface area contributed by atoms with Crippen LogP contribution >= 0.6 is 0 Å². The second-order valence-corrected chi connectivity index (χ2v) is 5.02. The van der Waals surface area contributed by atoms with E-state index in [1.807, 2.05) is 6.92 Å². The van der Waals surface area contributed by atoms with Crippen molar-refractivity contribution in [3.63, 3.8) is 0 Å². The highest BCUT2D eigenvalue weighted by Crippen LogP contribution is 2.31. The summed E-state index contributed by atoms with van der Waals surface area (Å²) in [5, 5.41) is 11.5. The van der Waals surface area contributed by atoms with E-state index in [1.54, 1.807) is 0 Å². The number of carbonyl (C=O) groups is 1. The van der Waals surface area contributed by atoms with Crippen LogP contribution in [0.1, 0.15) is 42.1 Å². The topological polar surface area (TPSA) is 49.3 Å². The van der Waals surface area contributed by atoms with Gasteiger partial charge in [0, 0.05) is 11.1 Å². The van der Waals surface area contributed by atoms with Gasteiger partial charge in [-0.3, -0.25) is 4.79 Å². The molecule has 1 aromatic rings. The minimum Gasteiger partial charge on any atom is -0.384 e. The molecule has 0 heterocycles. The van der Waals surface area contributed by atoms with Gasteiger partial charge in [0.1, 0.15) is 12.4 Å². The van der Waals surface area contributed by atoms with Gasteiger partial charge in [-0.25, -0.2) is 4.39 Å². The van der Waals surface area contributed by atoms with Gasteiger partial charge in [0.2, 0.25) is 0 Å². The van der Waals surface area contributed by atoms with Gasteiger partial charge in [0.25, 0.3) is 5.91 Å². The fraction of sp³-hybridized carbons (Fsp3) is 0.400. The summed E-state index contributed by atoms with van der Waals surface area (Å²) in [5.74, 6) is 4.16. The Hall–Kier alpha value is -1.86. The smallest absolute Gasteiger partial charge is 0.254 e. The summed E-state index contributed by atoms with van der Waals surface area (Å²) in [6.07, 6.45) is 2.93. The number of halogens is 1. The highest BCUT2D eigenvalue weighted by Gasteiger charge is 2.33. The molecule has 1 aliphatic rings. The van der Waals surface area contributed by atoms with Crippen LogP contribution in [-0.4, -0.2) is 23.2 Å². The zero-order valence-electron chi connectivity index (χ0n) is 10.8.